The van der Waals surface area contributed by atoms with E-state index < -0.39 is 11.6 Å². The maximum Gasteiger partial charge on any atom is 2.00 e. The van der Waals surface area contributed by atoms with Crippen LogP contribution in [0.1, 0.15) is 25.0 Å². The first-order valence-corrected chi connectivity index (χ1v) is 11.2. The zero-order valence-corrected chi connectivity index (χ0v) is 21.8. The van der Waals surface area contributed by atoms with E-state index >= 15 is 0 Å². The molecule has 36 heavy (non-hydrogen) atoms. The molecule has 5 rings (SSSR count). The Bertz CT molecular complexity index is 1490. The minimum atomic E-state index is -0.728. The van der Waals surface area contributed by atoms with E-state index in [9.17, 15) is 8.78 Å². The number of hydrogen-bond donors (Lipinski definition) is 0. The van der Waals surface area contributed by atoms with Gasteiger partial charge in [-0.05, 0) is 34.7 Å². The SMILES string of the molecule is CC(C)(c1[c-]ccnc1)c1cccc(-c2cccc(-c3[c-]c(-c4ccccn4)c(F)cc3F)n2)c1.[Pt+2]. The molecule has 0 bridgehead atoms. The van der Waals surface area contributed by atoms with Gasteiger partial charge >= 0.3 is 21.1 Å². The fourth-order valence-corrected chi connectivity index (χ4v) is 4.01. The fourth-order valence-electron chi connectivity index (χ4n) is 4.01. The molecule has 2 aromatic carbocycles. The quantitative estimate of drug-likeness (QED) is 0.190. The molecule has 5 aromatic rings. The van der Waals surface area contributed by atoms with Gasteiger partial charge in [-0.25, -0.2) is 0 Å². The number of pyridine rings is 3. The second-order valence-electron chi connectivity index (χ2n) is 8.70. The Balaban J connectivity index is 0.00000304. The van der Waals surface area contributed by atoms with Crippen LogP contribution in [0.15, 0.2) is 91.4 Å². The summed E-state index contributed by atoms with van der Waals surface area (Å²) in [5.41, 5.74) is 4.22. The molecule has 0 amide bonds. The third-order valence-electron chi connectivity index (χ3n) is 6.06. The third-order valence-corrected chi connectivity index (χ3v) is 6.06. The summed E-state index contributed by atoms with van der Waals surface area (Å²) in [6, 6.07) is 27.4. The van der Waals surface area contributed by atoms with Gasteiger partial charge in [0.1, 0.15) is 0 Å². The van der Waals surface area contributed by atoms with Crippen molar-refractivity contribution in [3.05, 3.63) is 126 Å². The summed E-state index contributed by atoms with van der Waals surface area (Å²) < 4.78 is 29.4. The van der Waals surface area contributed by atoms with Crippen LogP contribution in [0, 0.1) is 23.8 Å². The predicted octanol–water partition coefficient (Wildman–Crippen LogP) is 7.07. The molecule has 0 N–H and O–H groups in total. The van der Waals surface area contributed by atoms with Gasteiger partial charge in [-0.3, -0.25) is 18.7 Å². The van der Waals surface area contributed by atoms with Crippen LogP contribution in [0.5, 0.6) is 0 Å². The van der Waals surface area contributed by atoms with Crippen molar-refractivity contribution >= 4 is 0 Å². The molecule has 180 valence electrons. The van der Waals surface area contributed by atoms with Gasteiger partial charge in [0, 0.05) is 17.6 Å². The van der Waals surface area contributed by atoms with E-state index in [-0.39, 0.29) is 37.6 Å². The van der Waals surface area contributed by atoms with Crippen molar-refractivity contribution in [1.29, 1.82) is 0 Å². The molecule has 0 spiro atoms. The van der Waals surface area contributed by atoms with Crippen LogP contribution in [0.25, 0.3) is 33.8 Å². The van der Waals surface area contributed by atoms with E-state index in [0.29, 0.717) is 17.1 Å². The van der Waals surface area contributed by atoms with Gasteiger partial charge in [-0.2, -0.15) is 12.1 Å². The van der Waals surface area contributed by atoms with Crippen LogP contribution in [0.4, 0.5) is 8.78 Å². The van der Waals surface area contributed by atoms with Gasteiger partial charge < -0.3 is 4.98 Å². The largest absolute Gasteiger partial charge is 2.00 e. The molecule has 6 heteroatoms. The molecule has 3 nitrogen and oxygen atoms in total. The molecule has 0 atom stereocenters. The maximum absolute atomic E-state index is 14.8. The second kappa shape index (κ2) is 10.6. The molecular weight excluding hydrogens is 635 g/mol. The van der Waals surface area contributed by atoms with Crippen LogP contribution in [-0.2, 0) is 26.5 Å². The van der Waals surface area contributed by atoms with Crippen LogP contribution in [0.3, 0.4) is 0 Å². The molecule has 3 aromatic heterocycles. The predicted molar refractivity (Wildman–Crippen MR) is 132 cm³/mol. The molecule has 3 heterocycles. The molecule has 0 saturated heterocycles. The van der Waals surface area contributed by atoms with Crippen LogP contribution >= 0.6 is 0 Å². The van der Waals surface area contributed by atoms with Crippen molar-refractivity contribution < 1.29 is 29.8 Å². The molecule has 0 radical (unpaired) electrons. The number of halogens is 2. The maximum atomic E-state index is 14.8. The molecule has 0 unspecified atom stereocenters. The summed E-state index contributed by atoms with van der Waals surface area (Å²) in [6.45, 7) is 4.23. The Hall–Kier alpha value is -3.56. The van der Waals surface area contributed by atoms with Crippen LogP contribution in [0.2, 0.25) is 0 Å². The van der Waals surface area contributed by atoms with Gasteiger partial charge in [0.05, 0.1) is 17.3 Å². The number of aromatic nitrogens is 3. The summed E-state index contributed by atoms with van der Waals surface area (Å²) in [5, 5.41) is 0. The minimum Gasteiger partial charge on any atom is -0.391 e. The first kappa shape index (κ1) is 25.5. The summed E-state index contributed by atoms with van der Waals surface area (Å²) >= 11 is 0. The topological polar surface area (TPSA) is 38.7 Å². The second-order valence-corrected chi connectivity index (χ2v) is 8.70. The van der Waals surface area contributed by atoms with Gasteiger partial charge in [0.15, 0.2) is 0 Å². The average molecular weight is 657 g/mol. The Kier molecular flexibility index (Phi) is 7.51. The van der Waals surface area contributed by atoms with Crippen molar-refractivity contribution in [3.8, 4) is 33.8 Å². The molecule has 0 fully saturated rings. The number of hydrogen-bond acceptors (Lipinski definition) is 3. The Morgan fingerprint density at radius 1 is 0.778 bits per heavy atom. The average Bonchev–Trinajstić information content (AvgIpc) is 2.90. The van der Waals surface area contributed by atoms with Crippen molar-refractivity contribution in [2.24, 2.45) is 0 Å². The van der Waals surface area contributed by atoms with E-state index in [0.717, 1.165) is 22.8 Å². The number of benzene rings is 2. The molecule has 0 aliphatic carbocycles. The molecule has 0 aliphatic rings. The molecular formula is C30H21F2N3Pt. The molecule has 0 saturated carbocycles. The zero-order chi connectivity index (χ0) is 24.4. The standard InChI is InChI=1S/C30H21F2N3.Pt/c1-30(2,22-10-7-14-33-19-22)21-9-5-8-20(16-21)27-12-6-13-29(35-27)24-17-23(25(31)18-26(24)32)28-11-3-4-15-34-28;/h3-9,11-16,18-19H,1-2H3;/q-2;+2. The Labute approximate surface area is 223 Å². The normalized spacial score (nSPS) is 11.1. The minimum absolute atomic E-state index is 0. The van der Waals surface area contributed by atoms with Crippen molar-refractivity contribution in [1.82, 2.24) is 15.0 Å². The molecule has 0 aliphatic heterocycles. The van der Waals surface area contributed by atoms with E-state index in [4.69, 9.17) is 4.98 Å². The summed E-state index contributed by atoms with van der Waals surface area (Å²) in [6.07, 6.45) is 5.08. The van der Waals surface area contributed by atoms with Crippen molar-refractivity contribution in [3.63, 3.8) is 0 Å². The van der Waals surface area contributed by atoms with Crippen LogP contribution in [-0.4, -0.2) is 15.0 Å². The van der Waals surface area contributed by atoms with E-state index in [1.165, 1.54) is 0 Å². The first-order chi connectivity index (χ1) is 16.9. The van der Waals surface area contributed by atoms with E-state index in [1.807, 2.05) is 24.4 Å². The van der Waals surface area contributed by atoms with Gasteiger partial charge in [0.25, 0.3) is 0 Å². The van der Waals surface area contributed by atoms with E-state index in [2.05, 4.69) is 48.1 Å². The fraction of sp³-hybridized carbons (Fsp3) is 0.100. The van der Waals surface area contributed by atoms with Crippen molar-refractivity contribution in [2.45, 2.75) is 19.3 Å². The summed E-state index contributed by atoms with van der Waals surface area (Å²) in [4.78, 5) is 13.1. The third kappa shape index (κ3) is 5.03. The van der Waals surface area contributed by atoms with Crippen LogP contribution < -0.4 is 0 Å². The Morgan fingerprint density at radius 3 is 2.22 bits per heavy atom. The smallest absolute Gasteiger partial charge is 0.391 e. The van der Waals surface area contributed by atoms with E-state index in [1.54, 1.807) is 48.8 Å². The summed E-state index contributed by atoms with van der Waals surface area (Å²) in [5.74, 6) is -1.45. The number of nitrogens with zero attached hydrogens (tertiary/aromatic N) is 3. The van der Waals surface area contributed by atoms with Gasteiger partial charge in [-0.15, -0.1) is 11.6 Å². The van der Waals surface area contributed by atoms with Gasteiger partial charge in [0.2, 0.25) is 0 Å². The van der Waals surface area contributed by atoms with Gasteiger partial charge in [-0.1, -0.05) is 85.9 Å². The first-order valence-electron chi connectivity index (χ1n) is 11.2. The van der Waals surface area contributed by atoms with Crippen molar-refractivity contribution in [2.75, 3.05) is 0 Å². The zero-order valence-electron chi connectivity index (χ0n) is 19.6. The summed E-state index contributed by atoms with van der Waals surface area (Å²) in [7, 11) is 0. The monoisotopic (exact) mass is 656 g/mol. The number of rotatable bonds is 5. The Morgan fingerprint density at radius 2 is 1.50 bits per heavy atom.